The van der Waals surface area contributed by atoms with Crippen LogP contribution in [0.2, 0.25) is 0 Å². The fraction of sp³-hybridized carbons (Fsp3) is 0.917. The molecule has 0 radical (unpaired) electrons. The van der Waals surface area contributed by atoms with Gasteiger partial charge in [0.15, 0.2) is 0 Å². The maximum Gasteiger partial charge on any atom is 0.130 e. The van der Waals surface area contributed by atoms with Crippen molar-refractivity contribution >= 4 is 5.78 Å². The summed E-state index contributed by atoms with van der Waals surface area (Å²) >= 11 is 0. The standard InChI is InChI=1S/C12H22O/c1-9-4-6-12(7-5-9)10(2)8-11(3)13/h9-10,12H,4-8H2,1-3H3. The molecule has 0 saturated heterocycles. The largest absolute Gasteiger partial charge is 0.300 e. The summed E-state index contributed by atoms with van der Waals surface area (Å²) in [6.07, 6.45) is 6.21. The minimum Gasteiger partial charge on any atom is -0.300 e. The summed E-state index contributed by atoms with van der Waals surface area (Å²) in [6.45, 7) is 6.29. The molecule has 0 heterocycles. The van der Waals surface area contributed by atoms with Crippen LogP contribution in [0.1, 0.15) is 52.9 Å². The Morgan fingerprint density at radius 3 is 2.31 bits per heavy atom. The minimum absolute atomic E-state index is 0.353. The van der Waals surface area contributed by atoms with E-state index in [0.29, 0.717) is 11.7 Å². The van der Waals surface area contributed by atoms with E-state index in [1.165, 1.54) is 25.7 Å². The Bertz CT molecular complexity index is 166. The van der Waals surface area contributed by atoms with Crippen LogP contribution in [-0.4, -0.2) is 5.78 Å². The van der Waals surface area contributed by atoms with E-state index >= 15 is 0 Å². The molecule has 0 N–H and O–H groups in total. The van der Waals surface area contributed by atoms with E-state index in [4.69, 9.17) is 0 Å². The number of hydrogen-bond donors (Lipinski definition) is 0. The Morgan fingerprint density at radius 2 is 1.85 bits per heavy atom. The monoisotopic (exact) mass is 182 g/mol. The summed E-state index contributed by atoms with van der Waals surface area (Å²) in [6, 6.07) is 0. The highest BCUT2D eigenvalue weighted by molar-refractivity contribution is 5.75. The third-order valence-corrected chi connectivity index (χ3v) is 3.47. The molecule has 0 aromatic rings. The average Bonchev–Trinajstić information content (AvgIpc) is 2.04. The summed E-state index contributed by atoms with van der Waals surface area (Å²) in [5.74, 6) is 2.71. The van der Waals surface area contributed by atoms with E-state index in [1.807, 2.05) is 0 Å². The van der Waals surface area contributed by atoms with Crippen LogP contribution in [-0.2, 0) is 4.79 Å². The Labute approximate surface area is 81.9 Å². The molecule has 1 aliphatic carbocycles. The Kier molecular flexibility index (Phi) is 3.95. The molecule has 0 aromatic carbocycles. The van der Waals surface area contributed by atoms with Crippen molar-refractivity contribution in [3.05, 3.63) is 0 Å². The zero-order chi connectivity index (χ0) is 9.84. The Balaban J connectivity index is 2.31. The van der Waals surface area contributed by atoms with Crippen LogP contribution >= 0.6 is 0 Å². The van der Waals surface area contributed by atoms with Gasteiger partial charge in [0.2, 0.25) is 0 Å². The number of carbonyl (C=O) groups is 1. The number of ketones is 1. The van der Waals surface area contributed by atoms with Crippen molar-refractivity contribution in [1.29, 1.82) is 0 Å². The molecule has 1 saturated carbocycles. The Morgan fingerprint density at radius 1 is 1.31 bits per heavy atom. The second-order valence-corrected chi connectivity index (χ2v) is 4.90. The molecule has 1 unspecified atom stereocenters. The third-order valence-electron chi connectivity index (χ3n) is 3.47. The molecule has 0 aliphatic heterocycles. The second kappa shape index (κ2) is 4.78. The van der Waals surface area contributed by atoms with Gasteiger partial charge >= 0.3 is 0 Å². The normalized spacial score (nSPS) is 31.3. The molecule has 0 aromatic heterocycles. The van der Waals surface area contributed by atoms with Crippen LogP contribution in [0.3, 0.4) is 0 Å². The first kappa shape index (κ1) is 10.7. The third kappa shape index (κ3) is 3.50. The second-order valence-electron chi connectivity index (χ2n) is 4.90. The number of Topliss-reactive ketones (excluding diaryl/α,β-unsaturated/α-hetero) is 1. The predicted octanol–water partition coefficient (Wildman–Crippen LogP) is 3.43. The van der Waals surface area contributed by atoms with E-state index in [2.05, 4.69) is 13.8 Å². The maximum absolute atomic E-state index is 11.0. The molecule has 1 heteroatoms. The van der Waals surface area contributed by atoms with E-state index < -0.39 is 0 Å². The van der Waals surface area contributed by atoms with Crippen LogP contribution in [0.25, 0.3) is 0 Å². The molecular formula is C12H22O. The minimum atomic E-state index is 0.353. The highest BCUT2D eigenvalue weighted by Crippen LogP contribution is 2.34. The van der Waals surface area contributed by atoms with Crippen molar-refractivity contribution in [2.75, 3.05) is 0 Å². The summed E-state index contributed by atoms with van der Waals surface area (Å²) < 4.78 is 0. The molecule has 1 atom stereocenters. The molecule has 1 rings (SSSR count). The van der Waals surface area contributed by atoms with Crippen molar-refractivity contribution in [1.82, 2.24) is 0 Å². The highest BCUT2D eigenvalue weighted by atomic mass is 16.1. The Hall–Kier alpha value is -0.330. The van der Waals surface area contributed by atoms with Crippen molar-refractivity contribution in [3.63, 3.8) is 0 Å². The van der Waals surface area contributed by atoms with Gasteiger partial charge in [-0.15, -0.1) is 0 Å². The van der Waals surface area contributed by atoms with E-state index in [-0.39, 0.29) is 0 Å². The molecule has 0 amide bonds. The highest BCUT2D eigenvalue weighted by Gasteiger charge is 2.23. The lowest BCUT2D eigenvalue weighted by Crippen LogP contribution is -2.20. The van der Waals surface area contributed by atoms with Crippen LogP contribution in [0.5, 0.6) is 0 Å². The van der Waals surface area contributed by atoms with Gasteiger partial charge in [0.05, 0.1) is 0 Å². The number of carbonyl (C=O) groups excluding carboxylic acids is 1. The topological polar surface area (TPSA) is 17.1 Å². The molecule has 1 fully saturated rings. The molecule has 0 spiro atoms. The van der Waals surface area contributed by atoms with Crippen LogP contribution in [0, 0.1) is 17.8 Å². The summed E-state index contributed by atoms with van der Waals surface area (Å²) in [7, 11) is 0. The molecule has 13 heavy (non-hydrogen) atoms. The lowest BCUT2D eigenvalue weighted by molar-refractivity contribution is -0.118. The lowest BCUT2D eigenvalue weighted by atomic mass is 9.75. The van der Waals surface area contributed by atoms with Crippen molar-refractivity contribution in [3.8, 4) is 0 Å². The fourth-order valence-electron chi connectivity index (χ4n) is 2.47. The van der Waals surface area contributed by atoms with Gasteiger partial charge in [-0.05, 0) is 37.5 Å². The van der Waals surface area contributed by atoms with E-state index in [1.54, 1.807) is 6.92 Å². The van der Waals surface area contributed by atoms with Gasteiger partial charge in [-0.1, -0.05) is 26.7 Å². The first-order valence-electron chi connectivity index (χ1n) is 5.59. The molecule has 1 aliphatic rings. The predicted molar refractivity (Wildman–Crippen MR) is 55.6 cm³/mol. The van der Waals surface area contributed by atoms with Gasteiger partial charge in [0.1, 0.15) is 5.78 Å². The average molecular weight is 182 g/mol. The smallest absolute Gasteiger partial charge is 0.130 e. The fourth-order valence-corrected chi connectivity index (χ4v) is 2.47. The summed E-state index contributed by atoms with van der Waals surface area (Å²) in [4.78, 5) is 11.0. The van der Waals surface area contributed by atoms with Crippen LogP contribution < -0.4 is 0 Å². The first-order valence-corrected chi connectivity index (χ1v) is 5.59. The summed E-state index contributed by atoms with van der Waals surface area (Å²) in [5.41, 5.74) is 0. The quantitative estimate of drug-likeness (QED) is 0.653. The first-order chi connectivity index (χ1) is 6.09. The molecule has 1 nitrogen and oxygen atoms in total. The zero-order valence-electron chi connectivity index (χ0n) is 9.18. The van der Waals surface area contributed by atoms with Gasteiger partial charge in [0, 0.05) is 6.42 Å². The van der Waals surface area contributed by atoms with Gasteiger partial charge in [-0.25, -0.2) is 0 Å². The van der Waals surface area contributed by atoms with Gasteiger partial charge < -0.3 is 4.79 Å². The van der Waals surface area contributed by atoms with E-state index in [0.717, 1.165) is 18.3 Å². The van der Waals surface area contributed by atoms with Gasteiger partial charge in [0.25, 0.3) is 0 Å². The zero-order valence-corrected chi connectivity index (χ0v) is 9.18. The van der Waals surface area contributed by atoms with Gasteiger partial charge in [-0.3, -0.25) is 0 Å². The van der Waals surface area contributed by atoms with Crippen molar-refractivity contribution in [2.45, 2.75) is 52.9 Å². The van der Waals surface area contributed by atoms with Crippen LogP contribution in [0.4, 0.5) is 0 Å². The molecule has 76 valence electrons. The summed E-state index contributed by atoms with van der Waals surface area (Å²) in [5, 5.41) is 0. The van der Waals surface area contributed by atoms with Crippen molar-refractivity contribution < 1.29 is 4.79 Å². The van der Waals surface area contributed by atoms with E-state index in [9.17, 15) is 4.79 Å². The van der Waals surface area contributed by atoms with Gasteiger partial charge in [-0.2, -0.15) is 0 Å². The number of hydrogen-bond acceptors (Lipinski definition) is 1. The molecular weight excluding hydrogens is 160 g/mol. The van der Waals surface area contributed by atoms with Crippen molar-refractivity contribution in [2.24, 2.45) is 17.8 Å². The SMILES string of the molecule is CC(=O)CC(C)C1CCC(C)CC1. The lowest BCUT2D eigenvalue weighted by Gasteiger charge is -2.30. The molecule has 0 bridgehead atoms. The number of rotatable bonds is 3. The maximum atomic E-state index is 11.0. The van der Waals surface area contributed by atoms with Crippen LogP contribution in [0.15, 0.2) is 0 Å².